The fourth-order valence-electron chi connectivity index (χ4n) is 4.20. The molecule has 2 aromatic heterocycles. The number of aryl methyl sites for hydroxylation is 1. The molecule has 2 saturated heterocycles. The first kappa shape index (κ1) is 21.8. The number of carbonyl (C=O) groups is 1. The average molecular weight is 443 g/mol. The molecule has 31 heavy (non-hydrogen) atoms. The Morgan fingerprint density at radius 1 is 0.968 bits per heavy atom. The molecule has 0 bridgehead atoms. The molecule has 2 fully saturated rings. The molecule has 166 valence electrons. The highest BCUT2D eigenvalue weighted by molar-refractivity contribution is 6.33. The monoisotopic (exact) mass is 442 g/mol. The molecule has 2 aromatic rings. The van der Waals surface area contributed by atoms with Gasteiger partial charge in [-0.2, -0.15) is 0 Å². The molecule has 0 aromatic carbocycles. The van der Waals surface area contributed by atoms with Gasteiger partial charge in [0.15, 0.2) is 0 Å². The Morgan fingerprint density at radius 2 is 1.65 bits per heavy atom. The van der Waals surface area contributed by atoms with E-state index in [1.807, 2.05) is 17.9 Å². The number of aromatic nitrogens is 3. The predicted molar refractivity (Wildman–Crippen MR) is 124 cm³/mol. The van der Waals surface area contributed by atoms with Gasteiger partial charge in [0.1, 0.15) is 17.5 Å². The van der Waals surface area contributed by atoms with Crippen molar-refractivity contribution in [2.24, 2.45) is 0 Å². The summed E-state index contributed by atoms with van der Waals surface area (Å²) < 4.78 is 0. The summed E-state index contributed by atoms with van der Waals surface area (Å²) in [5, 5.41) is 0.538. The molecule has 0 saturated carbocycles. The van der Waals surface area contributed by atoms with Crippen LogP contribution in [0.25, 0.3) is 0 Å². The molecule has 2 aliphatic heterocycles. The lowest BCUT2D eigenvalue weighted by Crippen LogP contribution is -2.47. The first-order chi connectivity index (χ1) is 14.9. The predicted octanol–water partition coefficient (Wildman–Crippen LogP) is 3.91. The van der Waals surface area contributed by atoms with Crippen LogP contribution >= 0.6 is 11.6 Å². The number of hydrogen-bond donors (Lipinski definition) is 0. The van der Waals surface area contributed by atoms with E-state index in [0.717, 1.165) is 75.3 Å². The fourth-order valence-corrected chi connectivity index (χ4v) is 4.49. The van der Waals surface area contributed by atoms with Gasteiger partial charge in [0.25, 0.3) is 5.91 Å². The molecular weight excluding hydrogens is 412 g/mol. The number of halogens is 1. The van der Waals surface area contributed by atoms with Gasteiger partial charge in [-0.05, 0) is 32.3 Å². The summed E-state index contributed by atoms with van der Waals surface area (Å²) in [6, 6.07) is 3.82. The zero-order chi connectivity index (χ0) is 22.0. The molecule has 2 aliphatic rings. The van der Waals surface area contributed by atoms with E-state index >= 15 is 0 Å². The maximum atomic E-state index is 12.7. The number of piperazine rings is 1. The molecule has 8 heteroatoms. The lowest BCUT2D eigenvalue weighted by molar-refractivity contribution is 0.0724. The van der Waals surface area contributed by atoms with Gasteiger partial charge in [0.05, 0.1) is 10.6 Å². The van der Waals surface area contributed by atoms with Gasteiger partial charge in [-0.25, -0.2) is 15.0 Å². The Morgan fingerprint density at radius 3 is 2.29 bits per heavy atom. The summed E-state index contributed by atoms with van der Waals surface area (Å²) in [6.07, 6.45) is 5.01. The van der Waals surface area contributed by atoms with E-state index < -0.39 is 0 Å². The van der Waals surface area contributed by atoms with Crippen molar-refractivity contribution in [1.82, 2.24) is 19.9 Å². The fraction of sp³-hybridized carbons (Fsp3) is 0.565. The number of amides is 1. The highest BCUT2D eigenvalue weighted by Crippen LogP contribution is 2.27. The molecule has 0 unspecified atom stereocenters. The van der Waals surface area contributed by atoms with Crippen LogP contribution in [-0.2, 0) is 0 Å². The number of piperidine rings is 1. The van der Waals surface area contributed by atoms with E-state index in [1.54, 1.807) is 12.3 Å². The van der Waals surface area contributed by atoms with E-state index in [0.29, 0.717) is 16.5 Å². The average Bonchev–Trinajstić information content (AvgIpc) is 2.79. The molecule has 4 heterocycles. The van der Waals surface area contributed by atoms with E-state index in [9.17, 15) is 4.79 Å². The normalized spacial score (nSPS) is 17.4. The first-order valence-electron chi connectivity index (χ1n) is 11.2. The molecule has 7 nitrogen and oxygen atoms in total. The summed E-state index contributed by atoms with van der Waals surface area (Å²) in [6.45, 7) is 11.2. The van der Waals surface area contributed by atoms with E-state index in [2.05, 4.69) is 33.6 Å². The molecular formula is C23H31ClN6O. The van der Waals surface area contributed by atoms with Crippen LogP contribution in [0.2, 0.25) is 5.02 Å². The highest BCUT2D eigenvalue weighted by Gasteiger charge is 2.24. The standard InChI is InChI=1S/C23H31ClN6O/c1-16(2)21-26-17(3)13-20(27-21)28-9-11-29(12-10-28)22-19(24)14-18(15-25-22)23(31)30-7-5-4-6-8-30/h13-16H,4-12H2,1-3H3. The van der Waals surface area contributed by atoms with Crippen molar-refractivity contribution < 1.29 is 4.79 Å². The summed E-state index contributed by atoms with van der Waals surface area (Å²) in [4.78, 5) is 33.0. The van der Waals surface area contributed by atoms with Crippen LogP contribution in [-0.4, -0.2) is 65.0 Å². The van der Waals surface area contributed by atoms with Crippen molar-refractivity contribution in [3.05, 3.63) is 40.4 Å². The largest absolute Gasteiger partial charge is 0.353 e. The Bertz CT molecular complexity index is 936. The van der Waals surface area contributed by atoms with Gasteiger partial charge in [-0.3, -0.25) is 4.79 Å². The second kappa shape index (κ2) is 9.39. The van der Waals surface area contributed by atoms with Crippen LogP contribution in [0.15, 0.2) is 18.3 Å². The Labute approximate surface area is 189 Å². The second-order valence-electron chi connectivity index (χ2n) is 8.74. The molecule has 0 atom stereocenters. The summed E-state index contributed by atoms with van der Waals surface area (Å²) in [5.41, 5.74) is 1.57. The zero-order valence-electron chi connectivity index (χ0n) is 18.6. The number of likely N-dealkylation sites (tertiary alicyclic amines) is 1. The number of pyridine rings is 1. The minimum atomic E-state index is 0.0329. The van der Waals surface area contributed by atoms with Gasteiger partial charge in [-0.15, -0.1) is 0 Å². The number of anilines is 2. The van der Waals surface area contributed by atoms with Crippen molar-refractivity contribution in [1.29, 1.82) is 0 Å². The van der Waals surface area contributed by atoms with Crippen molar-refractivity contribution in [2.75, 3.05) is 49.1 Å². The maximum Gasteiger partial charge on any atom is 0.255 e. The Balaban J connectivity index is 1.42. The lowest BCUT2D eigenvalue weighted by Gasteiger charge is -2.36. The minimum Gasteiger partial charge on any atom is -0.353 e. The number of hydrogen-bond acceptors (Lipinski definition) is 6. The smallest absolute Gasteiger partial charge is 0.255 e. The van der Waals surface area contributed by atoms with Crippen LogP contribution in [0, 0.1) is 6.92 Å². The van der Waals surface area contributed by atoms with Crippen molar-refractivity contribution in [2.45, 2.75) is 46.0 Å². The van der Waals surface area contributed by atoms with Crippen molar-refractivity contribution >= 4 is 29.1 Å². The van der Waals surface area contributed by atoms with Gasteiger partial charge in [0, 0.05) is 63.1 Å². The number of rotatable bonds is 4. The maximum absolute atomic E-state index is 12.7. The topological polar surface area (TPSA) is 65.5 Å². The van der Waals surface area contributed by atoms with Gasteiger partial charge < -0.3 is 14.7 Å². The van der Waals surface area contributed by atoms with Gasteiger partial charge >= 0.3 is 0 Å². The molecule has 0 spiro atoms. The molecule has 0 N–H and O–H groups in total. The highest BCUT2D eigenvalue weighted by atomic mass is 35.5. The van der Waals surface area contributed by atoms with Gasteiger partial charge in [-0.1, -0.05) is 25.4 Å². The number of carbonyl (C=O) groups excluding carboxylic acids is 1. The van der Waals surface area contributed by atoms with E-state index in [1.165, 1.54) is 6.42 Å². The zero-order valence-corrected chi connectivity index (χ0v) is 19.4. The third-order valence-electron chi connectivity index (χ3n) is 5.99. The Hall–Kier alpha value is -2.41. The van der Waals surface area contributed by atoms with E-state index in [-0.39, 0.29) is 5.91 Å². The molecule has 0 aliphatic carbocycles. The summed E-state index contributed by atoms with van der Waals surface area (Å²) in [5.74, 6) is 2.95. The Kier molecular flexibility index (Phi) is 6.60. The SMILES string of the molecule is Cc1cc(N2CCN(c3ncc(C(=O)N4CCCCC4)cc3Cl)CC2)nc(C(C)C)n1. The molecule has 4 rings (SSSR count). The minimum absolute atomic E-state index is 0.0329. The lowest BCUT2D eigenvalue weighted by atomic mass is 10.1. The molecule has 1 amide bonds. The molecule has 0 radical (unpaired) electrons. The second-order valence-corrected chi connectivity index (χ2v) is 9.14. The summed E-state index contributed by atoms with van der Waals surface area (Å²) in [7, 11) is 0. The van der Waals surface area contributed by atoms with Crippen LogP contribution in [0.5, 0.6) is 0 Å². The first-order valence-corrected chi connectivity index (χ1v) is 11.6. The number of nitrogens with zero attached hydrogens (tertiary/aromatic N) is 6. The third kappa shape index (κ3) is 4.92. The summed E-state index contributed by atoms with van der Waals surface area (Å²) >= 11 is 6.57. The van der Waals surface area contributed by atoms with Crippen molar-refractivity contribution in [3.8, 4) is 0 Å². The van der Waals surface area contributed by atoms with Crippen LogP contribution in [0.1, 0.15) is 60.9 Å². The third-order valence-corrected chi connectivity index (χ3v) is 6.27. The quantitative estimate of drug-likeness (QED) is 0.715. The van der Waals surface area contributed by atoms with Crippen molar-refractivity contribution in [3.63, 3.8) is 0 Å². The van der Waals surface area contributed by atoms with Crippen LogP contribution in [0.4, 0.5) is 11.6 Å². The van der Waals surface area contributed by atoms with Crippen LogP contribution in [0.3, 0.4) is 0 Å². The van der Waals surface area contributed by atoms with E-state index in [4.69, 9.17) is 16.6 Å². The van der Waals surface area contributed by atoms with Crippen LogP contribution < -0.4 is 9.80 Å². The van der Waals surface area contributed by atoms with Gasteiger partial charge in [0.2, 0.25) is 0 Å².